The molecule has 4 nitrogen and oxygen atoms in total. The van der Waals surface area contributed by atoms with Gasteiger partial charge in [0.1, 0.15) is 0 Å². The molecule has 19 heavy (non-hydrogen) atoms. The molecule has 0 radical (unpaired) electrons. The van der Waals surface area contributed by atoms with Crippen molar-refractivity contribution in [2.75, 3.05) is 11.1 Å². The fourth-order valence-corrected chi connectivity index (χ4v) is 1.72. The van der Waals surface area contributed by atoms with Gasteiger partial charge in [-0.2, -0.15) is 13.2 Å². The Morgan fingerprint density at radius 2 is 1.84 bits per heavy atom. The lowest BCUT2D eigenvalue weighted by Gasteiger charge is -2.12. The Labute approximate surface area is 115 Å². The minimum absolute atomic E-state index is 0.104. The number of nitrogens with zero attached hydrogens (tertiary/aromatic N) is 2. The number of aromatic nitrogens is 2. The van der Waals surface area contributed by atoms with Gasteiger partial charge in [0.2, 0.25) is 0 Å². The largest absolute Gasteiger partial charge is 0.416 e. The van der Waals surface area contributed by atoms with Crippen LogP contribution in [0.25, 0.3) is 0 Å². The van der Waals surface area contributed by atoms with E-state index in [4.69, 9.17) is 5.73 Å². The van der Waals surface area contributed by atoms with Crippen molar-refractivity contribution in [1.29, 1.82) is 0 Å². The van der Waals surface area contributed by atoms with Crippen molar-refractivity contribution in [3.05, 3.63) is 40.6 Å². The van der Waals surface area contributed by atoms with Crippen molar-refractivity contribution >= 4 is 33.3 Å². The third kappa shape index (κ3) is 3.14. The van der Waals surface area contributed by atoms with Crippen LogP contribution in [-0.4, -0.2) is 9.97 Å². The smallest absolute Gasteiger partial charge is 0.381 e. The average Bonchev–Trinajstić information content (AvgIpc) is 2.33. The molecule has 8 heteroatoms. The number of rotatable bonds is 2. The maximum atomic E-state index is 12.6. The first kappa shape index (κ1) is 13.6. The lowest BCUT2D eigenvalue weighted by Crippen LogP contribution is -2.06. The summed E-state index contributed by atoms with van der Waals surface area (Å²) in [5.74, 6) is 0.300. The van der Waals surface area contributed by atoms with E-state index in [9.17, 15) is 13.2 Å². The Balaban J connectivity index is 2.38. The highest BCUT2D eigenvalue weighted by Crippen LogP contribution is 2.35. The number of hydrogen-bond acceptors (Lipinski definition) is 4. The van der Waals surface area contributed by atoms with E-state index in [1.54, 1.807) is 0 Å². The summed E-state index contributed by atoms with van der Waals surface area (Å²) in [6, 6.07) is 3.26. The topological polar surface area (TPSA) is 63.8 Å². The van der Waals surface area contributed by atoms with Gasteiger partial charge in [0.05, 0.1) is 11.3 Å². The molecule has 1 aromatic heterocycles. The number of benzene rings is 1. The second kappa shape index (κ2) is 5.04. The maximum Gasteiger partial charge on any atom is 0.416 e. The van der Waals surface area contributed by atoms with Gasteiger partial charge in [0.15, 0.2) is 11.6 Å². The van der Waals surface area contributed by atoms with E-state index in [0.717, 1.165) is 12.1 Å². The molecule has 1 heterocycles. The minimum Gasteiger partial charge on any atom is -0.381 e. The number of halogens is 4. The van der Waals surface area contributed by atoms with E-state index in [2.05, 4.69) is 31.2 Å². The molecule has 0 fully saturated rings. The summed E-state index contributed by atoms with van der Waals surface area (Å²) in [5, 5.41) is 2.71. The van der Waals surface area contributed by atoms with Gasteiger partial charge < -0.3 is 11.1 Å². The quantitative estimate of drug-likeness (QED) is 0.882. The highest BCUT2D eigenvalue weighted by molar-refractivity contribution is 9.10. The lowest BCUT2D eigenvalue weighted by atomic mass is 10.2. The number of nitrogens with one attached hydrogen (secondary N) is 1. The average molecular weight is 333 g/mol. The van der Waals surface area contributed by atoms with Gasteiger partial charge in [0.25, 0.3) is 0 Å². The zero-order valence-corrected chi connectivity index (χ0v) is 11.0. The van der Waals surface area contributed by atoms with Crippen molar-refractivity contribution in [2.45, 2.75) is 6.18 Å². The van der Waals surface area contributed by atoms with Crippen LogP contribution < -0.4 is 11.1 Å². The molecule has 0 bridgehead atoms. The third-order valence-electron chi connectivity index (χ3n) is 2.27. The fraction of sp³-hybridized carbons (Fsp3) is 0.0909. The summed E-state index contributed by atoms with van der Waals surface area (Å²) in [5.41, 5.74) is 5.02. The predicted molar refractivity (Wildman–Crippen MR) is 68.9 cm³/mol. The Kier molecular flexibility index (Phi) is 3.61. The number of nitrogens with two attached hydrogens (primary N) is 1. The van der Waals surface area contributed by atoms with E-state index in [-0.39, 0.29) is 17.3 Å². The lowest BCUT2D eigenvalue weighted by molar-refractivity contribution is -0.137. The Bertz CT molecular complexity index is 601. The molecule has 0 spiro atoms. The normalized spacial score (nSPS) is 11.4. The number of anilines is 3. The van der Waals surface area contributed by atoms with Crippen LogP contribution in [-0.2, 0) is 6.18 Å². The SMILES string of the molecule is Nc1nccnc1Nc1cc(C(F)(F)F)ccc1Br. The summed E-state index contributed by atoms with van der Waals surface area (Å²) >= 11 is 3.16. The van der Waals surface area contributed by atoms with Crippen LogP contribution in [0.1, 0.15) is 5.56 Å². The summed E-state index contributed by atoms with van der Waals surface area (Å²) in [6.07, 6.45) is -1.63. The summed E-state index contributed by atoms with van der Waals surface area (Å²) in [7, 11) is 0. The molecule has 1 aromatic carbocycles. The molecule has 2 aromatic rings. The van der Waals surface area contributed by atoms with Crippen LogP contribution in [0.2, 0.25) is 0 Å². The van der Waals surface area contributed by atoms with Gasteiger partial charge in [-0.05, 0) is 34.1 Å². The molecule has 2 rings (SSSR count). The highest BCUT2D eigenvalue weighted by atomic mass is 79.9. The molecule has 0 aliphatic heterocycles. The van der Waals surface area contributed by atoms with Gasteiger partial charge >= 0.3 is 6.18 Å². The molecule has 0 unspecified atom stereocenters. The van der Waals surface area contributed by atoms with Crippen molar-refractivity contribution in [2.24, 2.45) is 0 Å². The van der Waals surface area contributed by atoms with Crippen molar-refractivity contribution in [3.63, 3.8) is 0 Å². The molecular formula is C11H8BrF3N4. The molecule has 0 saturated heterocycles. The zero-order chi connectivity index (χ0) is 14.0. The number of nitrogen functional groups attached to an aromatic ring is 1. The molecule has 0 saturated carbocycles. The van der Waals surface area contributed by atoms with E-state index in [1.165, 1.54) is 18.5 Å². The number of hydrogen-bond donors (Lipinski definition) is 2. The zero-order valence-electron chi connectivity index (χ0n) is 9.37. The van der Waals surface area contributed by atoms with Gasteiger partial charge in [-0.1, -0.05) is 0 Å². The Morgan fingerprint density at radius 3 is 2.47 bits per heavy atom. The standard InChI is InChI=1S/C11H8BrF3N4/c12-7-2-1-6(11(13,14)15)5-8(7)19-10-9(16)17-3-4-18-10/h1-5H,(H2,16,17)(H,18,19). The first-order valence-electron chi connectivity index (χ1n) is 5.08. The molecule has 0 aliphatic carbocycles. The van der Waals surface area contributed by atoms with E-state index in [1.807, 2.05) is 0 Å². The van der Waals surface area contributed by atoms with E-state index in [0.29, 0.717) is 4.47 Å². The molecule has 0 amide bonds. The van der Waals surface area contributed by atoms with Gasteiger partial charge in [-0.15, -0.1) is 0 Å². The minimum atomic E-state index is -4.41. The summed E-state index contributed by atoms with van der Waals surface area (Å²) in [4.78, 5) is 7.70. The Morgan fingerprint density at radius 1 is 1.16 bits per heavy atom. The third-order valence-corrected chi connectivity index (χ3v) is 2.96. The molecular weight excluding hydrogens is 325 g/mol. The summed E-state index contributed by atoms with van der Waals surface area (Å²) < 4.78 is 38.3. The first-order chi connectivity index (χ1) is 8.88. The monoisotopic (exact) mass is 332 g/mol. The second-order valence-corrected chi connectivity index (χ2v) is 4.46. The molecule has 0 atom stereocenters. The molecule has 0 aliphatic rings. The van der Waals surface area contributed by atoms with Gasteiger partial charge in [0, 0.05) is 16.9 Å². The maximum absolute atomic E-state index is 12.6. The van der Waals surface area contributed by atoms with Crippen molar-refractivity contribution in [1.82, 2.24) is 9.97 Å². The van der Waals surface area contributed by atoms with Crippen LogP contribution in [0.15, 0.2) is 35.1 Å². The predicted octanol–water partition coefficient (Wildman–Crippen LogP) is 3.58. The van der Waals surface area contributed by atoms with E-state index < -0.39 is 11.7 Å². The molecule has 3 N–H and O–H groups in total. The van der Waals surface area contributed by atoms with Crippen LogP contribution in [0.3, 0.4) is 0 Å². The first-order valence-corrected chi connectivity index (χ1v) is 5.87. The van der Waals surface area contributed by atoms with Crippen LogP contribution in [0, 0.1) is 0 Å². The Hall–Kier alpha value is -1.83. The van der Waals surface area contributed by atoms with Gasteiger partial charge in [-0.25, -0.2) is 9.97 Å². The van der Waals surface area contributed by atoms with Crippen molar-refractivity contribution in [3.8, 4) is 0 Å². The van der Waals surface area contributed by atoms with Gasteiger partial charge in [-0.3, -0.25) is 0 Å². The van der Waals surface area contributed by atoms with Crippen LogP contribution >= 0.6 is 15.9 Å². The van der Waals surface area contributed by atoms with E-state index >= 15 is 0 Å². The number of alkyl halides is 3. The second-order valence-electron chi connectivity index (χ2n) is 3.61. The van der Waals surface area contributed by atoms with Crippen LogP contribution in [0.5, 0.6) is 0 Å². The fourth-order valence-electron chi connectivity index (χ4n) is 1.37. The molecule has 100 valence electrons. The van der Waals surface area contributed by atoms with Crippen molar-refractivity contribution < 1.29 is 13.2 Å². The summed E-state index contributed by atoms with van der Waals surface area (Å²) in [6.45, 7) is 0. The highest BCUT2D eigenvalue weighted by Gasteiger charge is 2.31. The van der Waals surface area contributed by atoms with Crippen LogP contribution in [0.4, 0.5) is 30.5 Å².